The smallest absolute Gasteiger partial charge is 0.254 e. The van der Waals surface area contributed by atoms with Crippen molar-refractivity contribution >= 4 is 58.0 Å². The lowest BCUT2D eigenvalue weighted by molar-refractivity contribution is -0.119. The van der Waals surface area contributed by atoms with E-state index < -0.39 is 0 Å². The van der Waals surface area contributed by atoms with Gasteiger partial charge in [-0.15, -0.1) is 0 Å². The molecule has 0 aliphatic carbocycles. The van der Waals surface area contributed by atoms with Gasteiger partial charge in [-0.25, -0.2) is 0 Å². The summed E-state index contributed by atoms with van der Waals surface area (Å²) in [5.41, 5.74) is 1.22. The van der Waals surface area contributed by atoms with Gasteiger partial charge in [0.05, 0.1) is 11.6 Å². The first-order valence-corrected chi connectivity index (χ1v) is 11.7. The Labute approximate surface area is 209 Å². The van der Waals surface area contributed by atoms with E-state index in [-0.39, 0.29) is 23.3 Å². The first-order valence-electron chi connectivity index (χ1n) is 10.6. The number of nitrogens with zero attached hydrogens (tertiary/aromatic N) is 2. The average molecular weight is 509 g/mol. The first-order chi connectivity index (χ1) is 15.8. The summed E-state index contributed by atoms with van der Waals surface area (Å²) in [5.74, 6) is 0.273. The highest BCUT2D eigenvalue weighted by molar-refractivity contribution is 7.80. The molecular weight excluding hydrogens is 483 g/mol. The monoisotopic (exact) mass is 508 g/mol. The molecule has 1 fully saturated rings. The third-order valence-corrected chi connectivity index (χ3v) is 5.85. The molecule has 0 spiro atoms. The van der Waals surface area contributed by atoms with Gasteiger partial charge in [0, 0.05) is 48.9 Å². The molecule has 2 aromatic carbocycles. The van der Waals surface area contributed by atoms with Crippen molar-refractivity contribution in [3.63, 3.8) is 0 Å². The summed E-state index contributed by atoms with van der Waals surface area (Å²) in [7, 11) is 2.05. The second kappa shape index (κ2) is 12.2. The average Bonchev–Trinajstić information content (AvgIpc) is 2.78. The van der Waals surface area contributed by atoms with E-state index in [1.165, 1.54) is 0 Å². The molecule has 2 amide bonds. The highest BCUT2D eigenvalue weighted by atomic mass is 35.5. The fourth-order valence-electron chi connectivity index (χ4n) is 3.28. The van der Waals surface area contributed by atoms with Crippen LogP contribution in [-0.2, 0) is 4.79 Å². The normalized spacial score (nSPS) is 14.0. The molecule has 1 saturated heterocycles. The molecule has 1 aliphatic heterocycles. The molecule has 0 aromatic heterocycles. The van der Waals surface area contributed by atoms with Crippen molar-refractivity contribution in [1.82, 2.24) is 15.1 Å². The molecule has 0 radical (unpaired) electrons. The minimum atomic E-state index is -0.233. The first kappa shape index (κ1) is 25.2. The topological polar surface area (TPSA) is 73.9 Å². The van der Waals surface area contributed by atoms with Gasteiger partial charge in [-0.3, -0.25) is 9.59 Å². The maximum absolute atomic E-state index is 12.8. The molecule has 33 heavy (non-hydrogen) atoms. The van der Waals surface area contributed by atoms with Gasteiger partial charge in [-0.05, 0) is 62.1 Å². The molecule has 2 aromatic rings. The van der Waals surface area contributed by atoms with Gasteiger partial charge < -0.3 is 25.2 Å². The largest absolute Gasteiger partial charge is 0.492 e. The zero-order valence-electron chi connectivity index (χ0n) is 18.3. The Morgan fingerprint density at radius 1 is 1.09 bits per heavy atom. The number of anilines is 1. The Morgan fingerprint density at radius 2 is 1.85 bits per heavy atom. The van der Waals surface area contributed by atoms with E-state index in [0.29, 0.717) is 53.2 Å². The van der Waals surface area contributed by atoms with Crippen LogP contribution in [0.4, 0.5) is 5.69 Å². The van der Waals surface area contributed by atoms with E-state index in [4.69, 9.17) is 40.2 Å². The Hall–Kier alpha value is -2.39. The molecule has 0 bridgehead atoms. The molecule has 1 heterocycles. The molecular formula is C23H26Cl2N4O3S. The zero-order valence-corrected chi connectivity index (χ0v) is 20.6. The summed E-state index contributed by atoms with van der Waals surface area (Å²) in [4.78, 5) is 29.0. The number of ether oxygens (including phenoxy) is 1. The number of carbonyl (C=O) groups is 2. The van der Waals surface area contributed by atoms with Crippen LogP contribution in [0.25, 0.3) is 0 Å². The van der Waals surface area contributed by atoms with Gasteiger partial charge in [0.2, 0.25) is 5.91 Å². The van der Waals surface area contributed by atoms with Gasteiger partial charge in [-0.2, -0.15) is 0 Å². The number of nitrogens with one attached hydrogen (secondary N) is 2. The quantitative estimate of drug-likeness (QED) is 0.434. The second-order valence-corrected chi connectivity index (χ2v) is 8.96. The van der Waals surface area contributed by atoms with Crippen molar-refractivity contribution in [2.24, 2.45) is 0 Å². The number of benzene rings is 2. The third kappa shape index (κ3) is 7.85. The summed E-state index contributed by atoms with van der Waals surface area (Å²) < 4.78 is 5.58. The van der Waals surface area contributed by atoms with E-state index >= 15 is 0 Å². The summed E-state index contributed by atoms with van der Waals surface area (Å²) in [6, 6.07) is 12.1. The van der Waals surface area contributed by atoms with Crippen LogP contribution in [0.5, 0.6) is 5.75 Å². The standard InChI is InChI=1S/C23H26Cl2N4O3S/c1-28-9-11-29(12-10-28)22(31)16-4-2-5-18(14-16)26-23(33)27-21(30)6-3-13-32-20-8-7-17(24)15-19(20)25/h2,4-5,7-8,14-15H,3,6,9-13H2,1H3,(H2,26,27,30,33). The summed E-state index contributed by atoms with van der Waals surface area (Å²) in [6.07, 6.45) is 0.720. The summed E-state index contributed by atoms with van der Waals surface area (Å²) in [6.45, 7) is 3.45. The molecule has 176 valence electrons. The van der Waals surface area contributed by atoms with E-state index in [2.05, 4.69) is 15.5 Å². The summed E-state index contributed by atoms with van der Waals surface area (Å²) >= 11 is 17.2. The molecule has 0 saturated carbocycles. The SMILES string of the molecule is CN1CCN(C(=O)c2cccc(NC(=S)NC(=O)CCCOc3ccc(Cl)cc3Cl)c2)CC1. The van der Waals surface area contributed by atoms with Gasteiger partial charge in [-0.1, -0.05) is 29.3 Å². The van der Waals surface area contributed by atoms with Crippen molar-refractivity contribution in [1.29, 1.82) is 0 Å². The van der Waals surface area contributed by atoms with Crippen molar-refractivity contribution in [2.75, 3.05) is 45.2 Å². The lowest BCUT2D eigenvalue weighted by Gasteiger charge is -2.32. The number of rotatable bonds is 7. The molecule has 0 unspecified atom stereocenters. The van der Waals surface area contributed by atoms with Crippen molar-refractivity contribution < 1.29 is 14.3 Å². The van der Waals surface area contributed by atoms with E-state index in [1.807, 2.05) is 11.9 Å². The number of piperazine rings is 1. The maximum atomic E-state index is 12.8. The maximum Gasteiger partial charge on any atom is 0.254 e. The molecule has 2 N–H and O–H groups in total. The highest BCUT2D eigenvalue weighted by Crippen LogP contribution is 2.27. The van der Waals surface area contributed by atoms with E-state index in [9.17, 15) is 9.59 Å². The Bertz CT molecular complexity index is 1010. The van der Waals surface area contributed by atoms with Crippen molar-refractivity contribution in [2.45, 2.75) is 12.8 Å². The van der Waals surface area contributed by atoms with Crippen LogP contribution in [0.15, 0.2) is 42.5 Å². The highest BCUT2D eigenvalue weighted by Gasteiger charge is 2.20. The van der Waals surface area contributed by atoms with Crippen LogP contribution in [-0.4, -0.2) is 66.6 Å². The fraction of sp³-hybridized carbons (Fsp3) is 0.348. The van der Waals surface area contributed by atoms with Gasteiger partial charge >= 0.3 is 0 Å². The number of amides is 2. The van der Waals surface area contributed by atoms with Gasteiger partial charge in [0.1, 0.15) is 5.75 Å². The Balaban J connectivity index is 1.42. The lowest BCUT2D eigenvalue weighted by atomic mass is 10.1. The number of carbonyl (C=O) groups excluding carboxylic acids is 2. The number of hydrogen-bond acceptors (Lipinski definition) is 5. The van der Waals surface area contributed by atoms with Crippen LogP contribution in [0.2, 0.25) is 10.0 Å². The van der Waals surface area contributed by atoms with E-state index in [1.54, 1.807) is 42.5 Å². The molecule has 1 aliphatic rings. The van der Waals surface area contributed by atoms with Crippen LogP contribution in [0.3, 0.4) is 0 Å². The number of likely N-dealkylation sites (N-methyl/N-ethyl adjacent to an activating group) is 1. The second-order valence-electron chi connectivity index (χ2n) is 7.71. The number of halogens is 2. The third-order valence-electron chi connectivity index (χ3n) is 5.11. The van der Waals surface area contributed by atoms with Crippen LogP contribution < -0.4 is 15.4 Å². The van der Waals surface area contributed by atoms with Crippen molar-refractivity contribution in [3.05, 3.63) is 58.1 Å². The van der Waals surface area contributed by atoms with Gasteiger partial charge in [0.15, 0.2) is 5.11 Å². The number of thiocarbonyl (C=S) groups is 1. The lowest BCUT2D eigenvalue weighted by Crippen LogP contribution is -2.47. The van der Waals surface area contributed by atoms with Crippen LogP contribution in [0.1, 0.15) is 23.2 Å². The fourth-order valence-corrected chi connectivity index (χ4v) is 3.98. The van der Waals surface area contributed by atoms with Crippen molar-refractivity contribution in [3.8, 4) is 5.75 Å². The van der Waals surface area contributed by atoms with Gasteiger partial charge in [0.25, 0.3) is 5.91 Å². The molecule has 3 rings (SSSR count). The Morgan fingerprint density at radius 3 is 2.58 bits per heavy atom. The molecule has 0 atom stereocenters. The van der Waals surface area contributed by atoms with E-state index in [0.717, 1.165) is 13.1 Å². The minimum absolute atomic E-state index is 0.0116. The number of hydrogen-bond donors (Lipinski definition) is 2. The minimum Gasteiger partial charge on any atom is -0.492 e. The van der Waals surface area contributed by atoms with Crippen LogP contribution in [0, 0.1) is 0 Å². The summed E-state index contributed by atoms with van der Waals surface area (Å²) in [5, 5.41) is 6.73. The predicted octanol–water partition coefficient (Wildman–Crippen LogP) is 4.05. The Kier molecular flexibility index (Phi) is 9.31. The molecule has 10 heteroatoms. The zero-order chi connectivity index (χ0) is 23.8. The predicted molar refractivity (Wildman–Crippen MR) is 135 cm³/mol. The van der Waals surface area contributed by atoms with Crippen LogP contribution >= 0.6 is 35.4 Å². The molecule has 7 nitrogen and oxygen atoms in total.